The summed E-state index contributed by atoms with van der Waals surface area (Å²) in [5, 5.41) is 0. The molecule has 14 heteroatoms. The van der Waals surface area contributed by atoms with Gasteiger partial charge in [-0.15, -0.1) is 0 Å². The number of nitrogens with zero attached hydrogens (tertiary/aromatic N) is 4. The summed E-state index contributed by atoms with van der Waals surface area (Å²) in [5.74, 6) is -11.3. The smallest absolute Gasteiger partial charge is 0.326 e. The van der Waals surface area contributed by atoms with Crippen molar-refractivity contribution in [3.8, 4) is 0 Å². The van der Waals surface area contributed by atoms with Crippen molar-refractivity contribution in [3.63, 3.8) is 0 Å². The number of halogens is 10. The van der Waals surface area contributed by atoms with Crippen molar-refractivity contribution in [3.05, 3.63) is 35.4 Å². The zero-order chi connectivity index (χ0) is 21.7. The van der Waals surface area contributed by atoms with E-state index in [9.17, 15) is 43.9 Å². The van der Waals surface area contributed by atoms with E-state index in [4.69, 9.17) is 0 Å². The monoisotopic (exact) mass is 424 g/mol. The lowest BCUT2D eigenvalue weighted by molar-refractivity contribution is -0.291. The van der Waals surface area contributed by atoms with Crippen molar-refractivity contribution in [2.75, 3.05) is 0 Å². The first-order valence-electron chi connectivity index (χ1n) is 7.13. The van der Waals surface area contributed by atoms with Crippen LogP contribution in [0.5, 0.6) is 0 Å². The average Bonchev–Trinajstić information content (AvgIpc) is 3.06. The van der Waals surface area contributed by atoms with Gasteiger partial charge in [-0.05, 0) is 12.2 Å². The molecule has 0 spiro atoms. The van der Waals surface area contributed by atoms with E-state index in [2.05, 4.69) is 9.97 Å². The molecular formula is C14H10F10N4. The highest BCUT2D eigenvalue weighted by atomic mass is 19.4. The van der Waals surface area contributed by atoms with Crippen molar-refractivity contribution < 1.29 is 43.9 Å². The first kappa shape index (κ1) is 21.8. The number of rotatable bonds is 4. The molecule has 0 fully saturated rings. The first-order chi connectivity index (χ1) is 12.5. The fraction of sp³-hybridized carbons (Fsp3) is 0.429. The van der Waals surface area contributed by atoms with Crippen molar-refractivity contribution in [2.24, 2.45) is 14.1 Å². The van der Waals surface area contributed by atoms with Crippen LogP contribution in [0.15, 0.2) is 12.4 Å². The van der Waals surface area contributed by atoms with Crippen LogP contribution in [0.2, 0.25) is 0 Å². The van der Waals surface area contributed by atoms with Crippen LogP contribution in [0, 0.1) is 0 Å². The van der Waals surface area contributed by atoms with Gasteiger partial charge < -0.3 is 9.13 Å². The van der Waals surface area contributed by atoms with Gasteiger partial charge in [0.15, 0.2) is 0 Å². The molecule has 0 radical (unpaired) electrons. The number of alkyl halides is 10. The van der Waals surface area contributed by atoms with Crippen molar-refractivity contribution in [1.82, 2.24) is 19.1 Å². The largest absolute Gasteiger partial charge is 0.459 e. The third kappa shape index (κ3) is 3.46. The fourth-order valence-corrected chi connectivity index (χ4v) is 2.18. The van der Waals surface area contributed by atoms with Crippen LogP contribution in [0.25, 0.3) is 12.2 Å². The number of aromatic nitrogens is 4. The predicted molar refractivity (Wildman–Crippen MR) is 75.2 cm³/mol. The van der Waals surface area contributed by atoms with Gasteiger partial charge in [-0.2, -0.15) is 43.9 Å². The molecule has 156 valence electrons. The van der Waals surface area contributed by atoms with E-state index in [1.54, 1.807) is 0 Å². The summed E-state index contributed by atoms with van der Waals surface area (Å²) in [7, 11) is 1.70. The topological polar surface area (TPSA) is 35.6 Å². The Morgan fingerprint density at radius 1 is 0.643 bits per heavy atom. The molecule has 4 nitrogen and oxygen atoms in total. The summed E-state index contributed by atoms with van der Waals surface area (Å²) in [4.78, 5) is 6.73. The molecule has 0 amide bonds. The second kappa shape index (κ2) is 6.51. The molecule has 0 saturated carbocycles. The van der Waals surface area contributed by atoms with Gasteiger partial charge in [0, 0.05) is 14.1 Å². The molecule has 0 atom stereocenters. The lowest BCUT2D eigenvalue weighted by Gasteiger charge is -2.20. The summed E-state index contributed by atoms with van der Waals surface area (Å²) in [6, 6.07) is 0. The standard InChI is InChI=1S/C14H10F10N4/c1-27-7(11(15,16)13(19,20)21)5-25-9(27)3-4-10-26-6-8(28(10)2)12(17,18)14(22,23)24/h3-6H,1-2H3. The number of imidazole rings is 2. The Labute approximate surface area is 150 Å². The lowest BCUT2D eigenvalue weighted by Crippen LogP contribution is -2.35. The van der Waals surface area contributed by atoms with Crippen molar-refractivity contribution in [1.29, 1.82) is 0 Å². The average molecular weight is 424 g/mol. The van der Waals surface area contributed by atoms with Crippen LogP contribution in [0.4, 0.5) is 43.9 Å². The summed E-state index contributed by atoms with van der Waals surface area (Å²) >= 11 is 0. The number of hydrogen-bond donors (Lipinski definition) is 0. The Bertz CT molecular complexity index is 813. The highest BCUT2D eigenvalue weighted by molar-refractivity contribution is 5.64. The van der Waals surface area contributed by atoms with Crippen LogP contribution in [-0.4, -0.2) is 31.5 Å². The molecule has 0 aliphatic rings. The van der Waals surface area contributed by atoms with Crippen LogP contribution in [-0.2, 0) is 25.9 Å². The second-order valence-corrected chi connectivity index (χ2v) is 5.60. The highest BCUT2D eigenvalue weighted by Crippen LogP contribution is 2.44. The van der Waals surface area contributed by atoms with E-state index in [1.807, 2.05) is 0 Å². The van der Waals surface area contributed by atoms with Gasteiger partial charge in [0.25, 0.3) is 0 Å². The molecule has 0 bridgehead atoms. The van der Waals surface area contributed by atoms with Gasteiger partial charge >= 0.3 is 24.2 Å². The predicted octanol–water partition coefficient (Wildman–Crippen LogP) is 4.63. The molecule has 2 aromatic rings. The molecule has 0 N–H and O–H groups in total. The number of hydrogen-bond acceptors (Lipinski definition) is 2. The first-order valence-corrected chi connectivity index (χ1v) is 7.13. The molecule has 0 saturated heterocycles. The molecule has 28 heavy (non-hydrogen) atoms. The van der Waals surface area contributed by atoms with E-state index in [0.29, 0.717) is 9.13 Å². The maximum Gasteiger partial charge on any atom is 0.459 e. The molecule has 2 aromatic heterocycles. The Balaban J connectivity index is 2.37. The third-order valence-corrected chi connectivity index (χ3v) is 3.79. The normalized spacial score (nSPS) is 14.3. The summed E-state index contributed by atoms with van der Waals surface area (Å²) in [6.07, 6.45) is -9.52. The second-order valence-electron chi connectivity index (χ2n) is 5.60. The molecule has 0 aliphatic carbocycles. The Hall–Kier alpha value is -2.54. The molecule has 2 rings (SSSR count). The minimum Gasteiger partial charge on any atom is -0.326 e. The minimum atomic E-state index is -5.88. The molecular weight excluding hydrogens is 414 g/mol. The van der Waals surface area contributed by atoms with Gasteiger partial charge in [0.1, 0.15) is 23.0 Å². The van der Waals surface area contributed by atoms with Crippen LogP contribution in [0.1, 0.15) is 23.0 Å². The lowest BCUT2D eigenvalue weighted by atomic mass is 10.2. The summed E-state index contributed by atoms with van der Waals surface area (Å²) in [5.41, 5.74) is -2.97. The molecule has 0 aliphatic heterocycles. The quantitative estimate of drug-likeness (QED) is 0.671. The Kier molecular flexibility index (Phi) is 5.06. The van der Waals surface area contributed by atoms with Crippen molar-refractivity contribution >= 4 is 12.2 Å². The zero-order valence-corrected chi connectivity index (χ0v) is 13.9. The van der Waals surface area contributed by atoms with Crippen molar-refractivity contribution in [2.45, 2.75) is 24.2 Å². The summed E-state index contributed by atoms with van der Waals surface area (Å²) in [6.45, 7) is 0. The minimum absolute atomic E-state index is 0.273. The van der Waals surface area contributed by atoms with Gasteiger partial charge in [-0.25, -0.2) is 9.97 Å². The maximum atomic E-state index is 13.4. The van der Waals surface area contributed by atoms with Gasteiger partial charge in [-0.1, -0.05) is 0 Å². The van der Waals surface area contributed by atoms with E-state index in [1.165, 1.54) is 0 Å². The van der Waals surface area contributed by atoms with Crippen LogP contribution >= 0.6 is 0 Å². The molecule has 0 aromatic carbocycles. The van der Waals surface area contributed by atoms with E-state index in [0.717, 1.165) is 26.2 Å². The van der Waals surface area contributed by atoms with E-state index in [-0.39, 0.29) is 12.4 Å². The third-order valence-electron chi connectivity index (χ3n) is 3.79. The van der Waals surface area contributed by atoms with Gasteiger partial charge in [0.05, 0.1) is 12.4 Å². The SMILES string of the molecule is Cn1c(C(F)(F)C(F)(F)F)cnc1C=Cc1ncc(C(F)(F)C(F)(F)F)n1C. The van der Waals surface area contributed by atoms with E-state index < -0.39 is 47.2 Å². The highest BCUT2D eigenvalue weighted by Gasteiger charge is 2.61. The van der Waals surface area contributed by atoms with E-state index >= 15 is 0 Å². The Morgan fingerprint density at radius 2 is 0.929 bits per heavy atom. The van der Waals surface area contributed by atoms with Gasteiger partial charge in [0.2, 0.25) is 0 Å². The summed E-state index contributed by atoms with van der Waals surface area (Å²) < 4.78 is 129. The Morgan fingerprint density at radius 3 is 1.18 bits per heavy atom. The van der Waals surface area contributed by atoms with Gasteiger partial charge in [-0.3, -0.25) is 0 Å². The van der Waals surface area contributed by atoms with Crippen LogP contribution < -0.4 is 0 Å². The zero-order valence-electron chi connectivity index (χ0n) is 13.9. The molecule has 2 heterocycles. The maximum absolute atomic E-state index is 13.4. The fourth-order valence-electron chi connectivity index (χ4n) is 2.18. The molecule has 0 unspecified atom stereocenters. The van der Waals surface area contributed by atoms with Crippen LogP contribution in [0.3, 0.4) is 0 Å².